The Morgan fingerprint density at radius 1 is 1.35 bits per heavy atom. The highest BCUT2D eigenvalue weighted by molar-refractivity contribution is 5.68. The number of carbonyl (C=O) groups is 1. The summed E-state index contributed by atoms with van der Waals surface area (Å²) in [6, 6.07) is 9.72. The van der Waals surface area contributed by atoms with Crippen LogP contribution in [0, 0.1) is 0 Å². The van der Waals surface area contributed by atoms with Gasteiger partial charge in [-0.3, -0.25) is 0 Å². The van der Waals surface area contributed by atoms with Crippen LogP contribution in [0.15, 0.2) is 30.3 Å². The molecule has 0 radical (unpaired) electrons. The molecule has 0 spiro atoms. The van der Waals surface area contributed by atoms with Crippen LogP contribution in [0.3, 0.4) is 0 Å². The number of carbonyl (C=O) groups excluding carboxylic acids is 1. The van der Waals surface area contributed by atoms with Crippen LogP contribution < -0.4 is 0 Å². The Labute approximate surface area is 100 Å². The molecule has 0 aromatic heterocycles. The summed E-state index contributed by atoms with van der Waals surface area (Å²) in [5.41, 5.74) is 1.01. The van der Waals surface area contributed by atoms with E-state index >= 15 is 0 Å². The normalized spacial score (nSPS) is 26.2. The van der Waals surface area contributed by atoms with Gasteiger partial charge in [-0.05, 0) is 12.0 Å². The number of ether oxygens (including phenoxy) is 2. The molecular weight excluding hydrogens is 218 g/mol. The monoisotopic (exact) mass is 233 g/mol. The predicted octanol–water partition coefficient (Wildman–Crippen LogP) is 1.80. The smallest absolute Gasteiger partial charge is 0.410 e. The number of rotatable bonds is 2. The molecule has 2 heterocycles. The van der Waals surface area contributed by atoms with Gasteiger partial charge in [0.25, 0.3) is 0 Å². The SMILES string of the molecule is O=C(OCc1ccccc1)N1CC[C@@H]2OC2C1. The van der Waals surface area contributed by atoms with Gasteiger partial charge >= 0.3 is 6.09 Å². The number of amides is 1. The second-order valence-electron chi connectivity index (χ2n) is 4.49. The molecule has 3 rings (SSSR count). The molecule has 2 fully saturated rings. The highest BCUT2D eigenvalue weighted by Gasteiger charge is 2.44. The lowest BCUT2D eigenvalue weighted by molar-refractivity contribution is 0.0921. The summed E-state index contributed by atoms with van der Waals surface area (Å²) in [7, 11) is 0. The van der Waals surface area contributed by atoms with E-state index in [9.17, 15) is 4.79 Å². The van der Waals surface area contributed by atoms with E-state index in [4.69, 9.17) is 9.47 Å². The fourth-order valence-electron chi connectivity index (χ4n) is 2.16. The zero-order valence-electron chi connectivity index (χ0n) is 9.54. The fourth-order valence-corrected chi connectivity index (χ4v) is 2.16. The third-order valence-corrected chi connectivity index (χ3v) is 3.23. The van der Waals surface area contributed by atoms with Crippen LogP contribution in [-0.2, 0) is 16.1 Å². The van der Waals surface area contributed by atoms with Crippen molar-refractivity contribution in [2.24, 2.45) is 0 Å². The molecule has 2 saturated heterocycles. The second-order valence-corrected chi connectivity index (χ2v) is 4.49. The number of hydrogen-bond acceptors (Lipinski definition) is 3. The number of likely N-dealkylation sites (tertiary alicyclic amines) is 1. The van der Waals surface area contributed by atoms with Crippen LogP contribution in [-0.4, -0.2) is 36.3 Å². The minimum Gasteiger partial charge on any atom is -0.445 e. The van der Waals surface area contributed by atoms with Crippen LogP contribution in [0.2, 0.25) is 0 Å². The summed E-state index contributed by atoms with van der Waals surface area (Å²) >= 11 is 0. The first-order valence-electron chi connectivity index (χ1n) is 5.94. The van der Waals surface area contributed by atoms with E-state index < -0.39 is 0 Å². The van der Waals surface area contributed by atoms with Crippen molar-refractivity contribution in [3.63, 3.8) is 0 Å². The van der Waals surface area contributed by atoms with Gasteiger partial charge in [-0.2, -0.15) is 0 Å². The maximum Gasteiger partial charge on any atom is 0.410 e. The quantitative estimate of drug-likeness (QED) is 0.731. The summed E-state index contributed by atoms with van der Waals surface area (Å²) in [4.78, 5) is 13.5. The average Bonchev–Trinajstić information content (AvgIpc) is 3.15. The van der Waals surface area contributed by atoms with Gasteiger partial charge in [0.05, 0.1) is 12.6 Å². The fraction of sp³-hybridized carbons (Fsp3) is 0.462. The molecule has 1 amide bonds. The molecule has 17 heavy (non-hydrogen) atoms. The van der Waals surface area contributed by atoms with Crippen molar-refractivity contribution in [2.75, 3.05) is 13.1 Å². The standard InChI is InChI=1S/C13H15NO3/c15-13(14-7-6-11-12(8-14)17-11)16-9-10-4-2-1-3-5-10/h1-5,11-12H,6-9H2/t11-,12?/m0/s1. The van der Waals surface area contributed by atoms with Crippen molar-refractivity contribution in [3.8, 4) is 0 Å². The van der Waals surface area contributed by atoms with Gasteiger partial charge in [-0.25, -0.2) is 4.79 Å². The molecular formula is C13H15NO3. The molecule has 1 aromatic carbocycles. The van der Waals surface area contributed by atoms with Gasteiger partial charge in [-0.1, -0.05) is 30.3 Å². The summed E-state index contributed by atoms with van der Waals surface area (Å²) in [6.45, 7) is 1.76. The zero-order chi connectivity index (χ0) is 11.7. The molecule has 1 aromatic rings. The molecule has 0 bridgehead atoms. The molecule has 2 atom stereocenters. The second kappa shape index (κ2) is 4.37. The van der Waals surface area contributed by atoms with E-state index in [1.54, 1.807) is 4.90 Å². The molecule has 90 valence electrons. The first kappa shape index (κ1) is 10.6. The summed E-state index contributed by atoms with van der Waals surface area (Å²) in [6.07, 6.45) is 1.36. The van der Waals surface area contributed by atoms with Gasteiger partial charge in [0, 0.05) is 6.54 Å². The minimum atomic E-state index is -0.234. The van der Waals surface area contributed by atoms with Crippen LogP contribution in [0.4, 0.5) is 4.79 Å². The first-order chi connectivity index (χ1) is 8.33. The van der Waals surface area contributed by atoms with Crippen molar-refractivity contribution in [3.05, 3.63) is 35.9 Å². The maximum absolute atomic E-state index is 11.8. The first-order valence-corrected chi connectivity index (χ1v) is 5.94. The Morgan fingerprint density at radius 2 is 2.18 bits per heavy atom. The molecule has 0 aliphatic carbocycles. The van der Waals surface area contributed by atoms with E-state index in [1.165, 1.54) is 0 Å². The van der Waals surface area contributed by atoms with E-state index in [-0.39, 0.29) is 12.2 Å². The van der Waals surface area contributed by atoms with Crippen molar-refractivity contribution in [2.45, 2.75) is 25.2 Å². The highest BCUT2D eigenvalue weighted by Crippen LogP contribution is 2.30. The van der Waals surface area contributed by atoms with Gasteiger partial charge < -0.3 is 14.4 Å². The number of piperidine rings is 1. The summed E-state index contributed by atoms with van der Waals surface area (Å²) < 4.78 is 10.6. The topological polar surface area (TPSA) is 42.1 Å². The molecule has 0 saturated carbocycles. The van der Waals surface area contributed by atoms with Crippen LogP contribution in [0.25, 0.3) is 0 Å². The van der Waals surface area contributed by atoms with Crippen molar-refractivity contribution >= 4 is 6.09 Å². The molecule has 4 nitrogen and oxygen atoms in total. The van der Waals surface area contributed by atoms with Gasteiger partial charge in [0.15, 0.2) is 0 Å². The molecule has 2 aliphatic heterocycles. The third-order valence-electron chi connectivity index (χ3n) is 3.23. The lowest BCUT2D eigenvalue weighted by Crippen LogP contribution is -2.39. The number of benzene rings is 1. The Balaban J connectivity index is 1.50. The Hall–Kier alpha value is -1.55. The zero-order valence-corrected chi connectivity index (χ0v) is 9.54. The van der Waals surface area contributed by atoms with E-state index in [1.807, 2.05) is 30.3 Å². The molecule has 4 heteroatoms. The lowest BCUT2D eigenvalue weighted by Gasteiger charge is -2.23. The summed E-state index contributed by atoms with van der Waals surface area (Å²) in [5.74, 6) is 0. The Morgan fingerprint density at radius 3 is 2.94 bits per heavy atom. The number of hydrogen-bond donors (Lipinski definition) is 0. The van der Waals surface area contributed by atoms with E-state index in [0.29, 0.717) is 19.3 Å². The van der Waals surface area contributed by atoms with Crippen LogP contribution in [0.5, 0.6) is 0 Å². The highest BCUT2D eigenvalue weighted by atomic mass is 16.6. The van der Waals surface area contributed by atoms with Crippen LogP contribution >= 0.6 is 0 Å². The number of epoxide rings is 1. The maximum atomic E-state index is 11.8. The van der Waals surface area contributed by atoms with E-state index in [2.05, 4.69) is 0 Å². The predicted molar refractivity (Wildman–Crippen MR) is 61.5 cm³/mol. The molecule has 0 N–H and O–H groups in total. The Kier molecular flexibility index (Phi) is 2.73. The van der Waals surface area contributed by atoms with Crippen molar-refractivity contribution in [1.29, 1.82) is 0 Å². The molecule has 1 unspecified atom stereocenters. The van der Waals surface area contributed by atoms with Gasteiger partial charge in [0.1, 0.15) is 12.7 Å². The van der Waals surface area contributed by atoms with Crippen molar-refractivity contribution < 1.29 is 14.3 Å². The van der Waals surface area contributed by atoms with Crippen LogP contribution in [0.1, 0.15) is 12.0 Å². The average molecular weight is 233 g/mol. The van der Waals surface area contributed by atoms with E-state index in [0.717, 1.165) is 18.5 Å². The minimum absolute atomic E-state index is 0.234. The largest absolute Gasteiger partial charge is 0.445 e. The summed E-state index contributed by atoms with van der Waals surface area (Å²) in [5, 5.41) is 0. The Bertz CT molecular complexity index is 406. The number of nitrogens with zero attached hydrogens (tertiary/aromatic N) is 1. The molecule has 2 aliphatic rings. The van der Waals surface area contributed by atoms with Gasteiger partial charge in [-0.15, -0.1) is 0 Å². The number of fused-ring (bicyclic) bond motifs is 1. The van der Waals surface area contributed by atoms with Gasteiger partial charge in [0.2, 0.25) is 0 Å². The van der Waals surface area contributed by atoms with Crippen molar-refractivity contribution in [1.82, 2.24) is 4.90 Å². The third kappa shape index (κ3) is 2.42. The lowest BCUT2D eigenvalue weighted by atomic mass is 10.1.